The number of nitrogens with zero attached hydrogens (tertiary/aromatic N) is 1. The van der Waals surface area contributed by atoms with Crippen LogP contribution in [0.4, 0.5) is 0 Å². The molecule has 0 saturated heterocycles. The number of ether oxygens (including phenoxy) is 1. The Labute approximate surface area is 233 Å². The van der Waals surface area contributed by atoms with E-state index in [4.69, 9.17) is 9.57 Å². The molecule has 1 fully saturated rings. The van der Waals surface area contributed by atoms with Gasteiger partial charge in [-0.15, -0.1) is 0 Å². The Morgan fingerprint density at radius 1 is 1.18 bits per heavy atom. The van der Waals surface area contributed by atoms with E-state index in [0.29, 0.717) is 36.6 Å². The third-order valence-electron chi connectivity index (χ3n) is 8.51. The highest BCUT2D eigenvalue weighted by atomic mass is 79.9. The van der Waals surface area contributed by atoms with E-state index in [1.807, 2.05) is 6.92 Å². The van der Waals surface area contributed by atoms with Gasteiger partial charge in [-0.05, 0) is 91.0 Å². The van der Waals surface area contributed by atoms with Gasteiger partial charge >= 0.3 is 5.97 Å². The van der Waals surface area contributed by atoms with Crippen molar-refractivity contribution in [2.45, 2.75) is 64.7 Å². The van der Waals surface area contributed by atoms with Crippen LogP contribution in [0.25, 0.3) is 0 Å². The predicted molar refractivity (Wildman–Crippen MR) is 151 cm³/mol. The zero-order valence-electron chi connectivity index (χ0n) is 22.8. The summed E-state index contributed by atoms with van der Waals surface area (Å²) in [5.41, 5.74) is 3.54. The lowest BCUT2D eigenvalue weighted by Gasteiger charge is -2.53. The smallest absolute Gasteiger partial charge is 0.309 e. The number of hydrogen-bond acceptors (Lipinski definition) is 5. The van der Waals surface area contributed by atoms with Gasteiger partial charge in [-0.25, -0.2) is 0 Å². The number of halogens is 1. The lowest BCUT2D eigenvalue weighted by Crippen LogP contribution is -2.53. The van der Waals surface area contributed by atoms with Crippen molar-refractivity contribution in [1.29, 1.82) is 0 Å². The monoisotopic (exact) mass is 584 g/mol. The molecule has 2 N–H and O–H groups in total. The molecule has 3 atom stereocenters. The van der Waals surface area contributed by atoms with Crippen LogP contribution in [0.1, 0.15) is 86.3 Å². The van der Waals surface area contributed by atoms with Gasteiger partial charge in [0.05, 0.1) is 24.8 Å². The van der Waals surface area contributed by atoms with Crippen LogP contribution in [0.3, 0.4) is 0 Å². The molecule has 2 aromatic carbocycles. The Kier molecular flexibility index (Phi) is 8.21. The molecular weight excluding hydrogens is 548 g/mol. The second-order valence-electron chi connectivity index (χ2n) is 11.2. The molecule has 0 radical (unpaired) electrons. The molecule has 204 valence electrons. The maximum atomic E-state index is 12.5. The van der Waals surface area contributed by atoms with Gasteiger partial charge in [0.2, 0.25) is 0 Å². The minimum atomic E-state index is -0.846. The second kappa shape index (κ2) is 11.1. The molecule has 0 bridgehead atoms. The van der Waals surface area contributed by atoms with Gasteiger partial charge in [-0.3, -0.25) is 9.59 Å². The van der Waals surface area contributed by atoms with Gasteiger partial charge < -0.3 is 20.0 Å². The third kappa shape index (κ3) is 5.20. The SMILES string of the molecule is COc1ccc(C(=O)NCCO/N=C2\C[C@H]3[C@](C)(C(=O)O)CCC[C@]3(C)c3cc(Br)c(C(C)C)cc32)cc1. The van der Waals surface area contributed by atoms with Gasteiger partial charge in [0.25, 0.3) is 5.91 Å². The van der Waals surface area contributed by atoms with Crippen molar-refractivity contribution >= 4 is 33.5 Å². The average Bonchev–Trinajstić information content (AvgIpc) is 2.88. The van der Waals surface area contributed by atoms with Crippen LogP contribution in [-0.4, -0.2) is 43.0 Å². The van der Waals surface area contributed by atoms with E-state index < -0.39 is 11.4 Å². The molecule has 4 rings (SSSR count). The molecular formula is C30H37BrN2O5. The van der Waals surface area contributed by atoms with E-state index >= 15 is 0 Å². The van der Waals surface area contributed by atoms with Gasteiger partial charge in [-0.2, -0.15) is 0 Å². The number of aliphatic carboxylic acids is 1. The van der Waals surface area contributed by atoms with Crippen LogP contribution in [0.5, 0.6) is 5.75 Å². The predicted octanol–water partition coefficient (Wildman–Crippen LogP) is 6.28. The van der Waals surface area contributed by atoms with Crippen LogP contribution in [-0.2, 0) is 15.0 Å². The molecule has 8 heteroatoms. The zero-order valence-corrected chi connectivity index (χ0v) is 24.4. The molecule has 0 aromatic heterocycles. The van der Waals surface area contributed by atoms with Crippen LogP contribution >= 0.6 is 15.9 Å². The average molecular weight is 586 g/mol. The van der Waals surface area contributed by atoms with Crippen molar-refractivity contribution in [3.8, 4) is 5.75 Å². The summed E-state index contributed by atoms with van der Waals surface area (Å²) >= 11 is 3.77. The van der Waals surface area contributed by atoms with E-state index in [0.717, 1.165) is 34.2 Å². The Bertz CT molecular complexity index is 1240. The maximum Gasteiger partial charge on any atom is 0.309 e. The van der Waals surface area contributed by atoms with Gasteiger partial charge in [0.1, 0.15) is 12.4 Å². The number of hydrogen-bond donors (Lipinski definition) is 2. The summed E-state index contributed by atoms with van der Waals surface area (Å²) in [6.07, 6.45) is 2.99. The first-order chi connectivity index (χ1) is 18.0. The van der Waals surface area contributed by atoms with Crippen molar-refractivity contribution in [1.82, 2.24) is 5.32 Å². The Morgan fingerprint density at radius 2 is 1.89 bits per heavy atom. The lowest BCUT2D eigenvalue weighted by molar-refractivity contribution is -0.156. The molecule has 1 saturated carbocycles. The van der Waals surface area contributed by atoms with Crippen molar-refractivity contribution in [3.63, 3.8) is 0 Å². The van der Waals surface area contributed by atoms with Crippen LogP contribution in [0.15, 0.2) is 46.0 Å². The number of carbonyl (C=O) groups is 2. The van der Waals surface area contributed by atoms with Crippen molar-refractivity contribution in [2.75, 3.05) is 20.3 Å². The van der Waals surface area contributed by atoms with Crippen LogP contribution in [0.2, 0.25) is 0 Å². The summed E-state index contributed by atoms with van der Waals surface area (Å²) in [4.78, 5) is 30.6. The van der Waals surface area contributed by atoms with E-state index in [1.165, 1.54) is 5.56 Å². The number of rotatable bonds is 8. The van der Waals surface area contributed by atoms with Crippen molar-refractivity contribution < 1.29 is 24.3 Å². The molecule has 2 aliphatic carbocycles. The highest BCUT2D eigenvalue weighted by Gasteiger charge is 2.56. The largest absolute Gasteiger partial charge is 0.497 e. The summed E-state index contributed by atoms with van der Waals surface area (Å²) in [5, 5.41) is 17.6. The summed E-state index contributed by atoms with van der Waals surface area (Å²) in [6.45, 7) is 8.89. The first kappa shape index (κ1) is 28.1. The number of fused-ring (bicyclic) bond motifs is 3. The number of benzene rings is 2. The number of oxime groups is 1. The van der Waals surface area contributed by atoms with Gasteiger partial charge in [-0.1, -0.05) is 48.3 Å². The topological polar surface area (TPSA) is 97.2 Å². The lowest BCUT2D eigenvalue weighted by atomic mass is 9.49. The number of methoxy groups -OCH3 is 1. The molecule has 2 aromatic rings. The Hall–Kier alpha value is -2.87. The number of carbonyl (C=O) groups excluding carboxylic acids is 1. The molecule has 0 aliphatic heterocycles. The highest BCUT2D eigenvalue weighted by molar-refractivity contribution is 9.10. The van der Waals surface area contributed by atoms with E-state index in [1.54, 1.807) is 31.4 Å². The fourth-order valence-electron chi connectivity index (χ4n) is 6.21. The fourth-order valence-corrected chi connectivity index (χ4v) is 7.02. The van der Waals surface area contributed by atoms with Gasteiger partial charge in [0, 0.05) is 15.6 Å². The van der Waals surface area contributed by atoms with Gasteiger partial charge in [0.15, 0.2) is 0 Å². The molecule has 0 heterocycles. The maximum absolute atomic E-state index is 12.5. The molecule has 0 spiro atoms. The third-order valence-corrected chi connectivity index (χ3v) is 9.19. The molecule has 38 heavy (non-hydrogen) atoms. The Balaban J connectivity index is 1.57. The molecule has 7 nitrogen and oxygen atoms in total. The number of nitrogens with one attached hydrogen (secondary N) is 1. The zero-order chi connectivity index (χ0) is 27.7. The summed E-state index contributed by atoms with van der Waals surface area (Å²) in [7, 11) is 1.58. The fraction of sp³-hybridized carbons (Fsp3) is 0.500. The Morgan fingerprint density at radius 3 is 2.53 bits per heavy atom. The minimum Gasteiger partial charge on any atom is -0.497 e. The summed E-state index contributed by atoms with van der Waals surface area (Å²) in [6, 6.07) is 11.3. The number of carboxylic acids is 1. The van der Waals surface area contributed by atoms with E-state index in [2.05, 4.69) is 59.3 Å². The molecule has 0 unspecified atom stereocenters. The van der Waals surface area contributed by atoms with E-state index in [9.17, 15) is 14.7 Å². The van der Waals surface area contributed by atoms with Crippen molar-refractivity contribution in [2.24, 2.45) is 16.5 Å². The van der Waals surface area contributed by atoms with Crippen molar-refractivity contribution in [3.05, 3.63) is 63.1 Å². The summed E-state index contributed by atoms with van der Waals surface area (Å²) < 4.78 is 6.17. The number of amides is 1. The first-order valence-corrected chi connectivity index (χ1v) is 14.0. The highest BCUT2D eigenvalue weighted by Crippen LogP contribution is 2.58. The second-order valence-corrected chi connectivity index (χ2v) is 12.0. The standard InChI is InChI=1S/C30H37BrN2O5/c1-18(2)21-15-22-23(16-24(21)31)29(3)11-6-12-30(4,28(35)36)26(29)17-25(22)33-38-14-13-32-27(34)19-7-9-20(37-5)10-8-19/h7-10,15-16,18,26H,6,11-14,17H2,1-5H3,(H,32,34)(H,35,36)/b33-25+/t26-,29-,30-/m1/s1. The van der Waals surface area contributed by atoms with E-state index in [-0.39, 0.29) is 23.8 Å². The van der Waals surface area contributed by atoms with Crippen LogP contribution in [0, 0.1) is 11.3 Å². The molecule has 1 amide bonds. The molecule has 2 aliphatic rings. The summed E-state index contributed by atoms with van der Waals surface area (Å²) in [5.74, 6) is -0.0622. The normalized spacial score (nSPS) is 25.4. The van der Waals surface area contributed by atoms with Crippen LogP contribution < -0.4 is 10.1 Å². The quantitative estimate of drug-likeness (QED) is 0.281. The first-order valence-electron chi connectivity index (χ1n) is 13.2. The minimum absolute atomic E-state index is 0.109. The number of carboxylic acid groups (broad SMARTS) is 1.